The highest BCUT2D eigenvalue weighted by atomic mass is 16.5. The second-order valence-corrected chi connectivity index (χ2v) is 8.46. The summed E-state index contributed by atoms with van der Waals surface area (Å²) in [5.41, 5.74) is 3.62. The van der Waals surface area contributed by atoms with Gasteiger partial charge in [0.15, 0.2) is 0 Å². The molecule has 1 aliphatic rings. The summed E-state index contributed by atoms with van der Waals surface area (Å²) in [6, 6.07) is 14.5. The van der Waals surface area contributed by atoms with Gasteiger partial charge in [-0.3, -0.25) is 4.79 Å². The van der Waals surface area contributed by atoms with Crippen LogP contribution in [0.15, 0.2) is 48.5 Å². The lowest BCUT2D eigenvalue weighted by Gasteiger charge is -2.21. The summed E-state index contributed by atoms with van der Waals surface area (Å²) in [6.07, 6.45) is 0. The Labute approximate surface area is 204 Å². The molecular formula is C26H30N4O5. The molecule has 1 atom stereocenters. The average molecular weight is 479 g/mol. The summed E-state index contributed by atoms with van der Waals surface area (Å²) in [6.45, 7) is 6.00. The monoisotopic (exact) mass is 478 g/mol. The normalized spacial score (nSPS) is 13.3. The Balaban J connectivity index is 1.50. The zero-order chi connectivity index (χ0) is 24.9. The van der Waals surface area contributed by atoms with Crippen LogP contribution in [0.5, 0.6) is 5.75 Å². The minimum absolute atomic E-state index is 0.0405. The largest absolute Gasteiger partial charge is 0.491 e. The van der Waals surface area contributed by atoms with Crippen molar-refractivity contribution in [3.8, 4) is 5.75 Å². The van der Waals surface area contributed by atoms with E-state index in [1.54, 1.807) is 12.1 Å². The molecule has 0 spiro atoms. The molecule has 184 valence electrons. The summed E-state index contributed by atoms with van der Waals surface area (Å²) in [7, 11) is 1.34. The van der Waals surface area contributed by atoms with Crippen LogP contribution in [0.4, 0.5) is 5.82 Å². The van der Waals surface area contributed by atoms with Crippen molar-refractivity contribution < 1.29 is 24.2 Å². The number of carbonyl (C=O) groups excluding carboxylic acids is 2. The number of carbonyl (C=O) groups is 2. The molecule has 1 aliphatic heterocycles. The van der Waals surface area contributed by atoms with Gasteiger partial charge in [-0.25, -0.2) is 9.48 Å². The number of benzene rings is 2. The highest BCUT2D eigenvalue weighted by Gasteiger charge is 2.30. The Bertz CT molecular complexity index is 1200. The molecule has 2 heterocycles. The van der Waals surface area contributed by atoms with Gasteiger partial charge < -0.3 is 24.8 Å². The molecule has 0 saturated carbocycles. The first-order chi connectivity index (χ1) is 16.9. The number of aliphatic hydroxyl groups excluding tert-OH is 1. The maximum Gasteiger partial charge on any atom is 0.337 e. The third-order valence-corrected chi connectivity index (χ3v) is 6.02. The van der Waals surface area contributed by atoms with E-state index < -0.39 is 5.97 Å². The first-order valence-electron chi connectivity index (χ1n) is 11.6. The summed E-state index contributed by atoms with van der Waals surface area (Å²) in [5, 5.41) is 16.7. The van der Waals surface area contributed by atoms with Gasteiger partial charge in [0.1, 0.15) is 23.7 Å². The Morgan fingerprint density at radius 2 is 1.94 bits per heavy atom. The number of aromatic nitrogens is 2. The molecule has 1 aromatic heterocycles. The molecular weight excluding hydrogens is 448 g/mol. The zero-order valence-electron chi connectivity index (χ0n) is 20.2. The van der Waals surface area contributed by atoms with Gasteiger partial charge in [-0.1, -0.05) is 24.3 Å². The Hall–Kier alpha value is -3.85. The summed E-state index contributed by atoms with van der Waals surface area (Å²) in [5.74, 6) is 0.908. The van der Waals surface area contributed by atoms with E-state index in [9.17, 15) is 9.59 Å². The number of nitrogens with one attached hydrogen (secondary N) is 1. The van der Waals surface area contributed by atoms with Crippen LogP contribution in [-0.2, 0) is 17.8 Å². The highest BCUT2D eigenvalue weighted by molar-refractivity contribution is 6.00. The number of esters is 1. The third-order valence-electron chi connectivity index (χ3n) is 6.02. The van der Waals surface area contributed by atoms with Crippen LogP contribution in [0.3, 0.4) is 0 Å². The van der Waals surface area contributed by atoms with E-state index in [4.69, 9.17) is 14.6 Å². The lowest BCUT2D eigenvalue weighted by atomic mass is 10.1. The number of nitrogens with zero attached hydrogens (tertiary/aromatic N) is 3. The van der Waals surface area contributed by atoms with Crippen molar-refractivity contribution in [3.05, 3.63) is 76.5 Å². The molecule has 0 bridgehead atoms. The Kier molecular flexibility index (Phi) is 7.36. The number of ether oxygens (including phenoxy) is 2. The number of fused-ring (bicyclic) bond motifs is 1. The van der Waals surface area contributed by atoms with Crippen molar-refractivity contribution in [1.29, 1.82) is 0 Å². The summed E-state index contributed by atoms with van der Waals surface area (Å²) < 4.78 is 12.2. The fourth-order valence-corrected chi connectivity index (χ4v) is 4.28. The predicted molar refractivity (Wildman–Crippen MR) is 131 cm³/mol. The van der Waals surface area contributed by atoms with Gasteiger partial charge in [-0.2, -0.15) is 5.10 Å². The molecule has 0 aliphatic carbocycles. The molecule has 9 nitrogen and oxygen atoms in total. The quantitative estimate of drug-likeness (QED) is 0.456. The standard InChI is InChI=1S/C26H30N4O5/c1-17(20-7-9-21(10-8-20)26(33)34-3)27-24(32)23-18(2)28-30-12-11-29(25(23)30)16-19-5-4-6-22(15-19)35-14-13-31/h4-10,15,17,31H,11-14,16H2,1-3H3,(H,27,32)/t17-/m0/s1. The van der Waals surface area contributed by atoms with E-state index in [0.717, 1.165) is 23.5 Å². The molecule has 1 amide bonds. The van der Waals surface area contributed by atoms with Crippen LogP contribution in [0.25, 0.3) is 0 Å². The van der Waals surface area contributed by atoms with Gasteiger partial charge >= 0.3 is 5.97 Å². The van der Waals surface area contributed by atoms with Gasteiger partial charge in [0.2, 0.25) is 0 Å². The first kappa shape index (κ1) is 24.3. The van der Waals surface area contributed by atoms with Gasteiger partial charge in [0.25, 0.3) is 5.91 Å². The zero-order valence-corrected chi connectivity index (χ0v) is 20.2. The van der Waals surface area contributed by atoms with Crippen LogP contribution in [0.2, 0.25) is 0 Å². The van der Waals surface area contributed by atoms with Crippen LogP contribution in [0, 0.1) is 6.92 Å². The van der Waals surface area contributed by atoms with Crippen molar-refractivity contribution in [3.63, 3.8) is 0 Å². The van der Waals surface area contributed by atoms with Crippen molar-refractivity contribution >= 4 is 17.7 Å². The number of aliphatic hydroxyl groups is 1. The SMILES string of the molecule is COC(=O)c1ccc([C@H](C)NC(=O)c2c(C)nn3c2N(Cc2cccc(OCCO)c2)CC3)cc1. The van der Waals surface area contributed by atoms with Crippen LogP contribution >= 0.6 is 0 Å². The minimum Gasteiger partial charge on any atom is -0.491 e. The first-order valence-corrected chi connectivity index (χ1v) is 11.6. The number of rotatable bonds is 9. The van der Waals surface area contributed by atoms with Gasteiger partial charge in [0.05, 0.1) is 37.6 Å². The predicted octanol–water partition coefficient (Wildman–Crippen LogP) is 2.86. The number of methoxy groups -OCH3 is 1. The van der Waals surface area contributed by atoms with Crippen molar-refractivity contribution in [2.45, 2.75) is 33.0 Å². The fraction of sp³-hybridized carbons (Fsp3) is 0.346. The second kappa shape index (κ2) is 10.6. The molecule has 35 heavy (non-hydrogen) atoms. The topological polar surface area (TPSA) is 106 Å². The number of hydrogen-bond acceptors (Lipinski definition) is 7. The molecule has 0 radical (unpaired) electrons. The van der Waals surface area contributed by atoms with Gasteiger partial charge in [-0.15, -0.1) is 0 Å². The second-order valence-electron chi connectivity index (χ2n) is 8.46. The molecule has 9 heteroatoms. The summed E-state index contributed by atoms with van der Waals surface area (Å²) >= 11 is 0. The lowest BCUT2D eigenvalue weighted by molar-refractivity contribution is 0.0600. The fourth-order valence-electron chi connectivity index (χ4n) is 4.28. The van der Waals surface area contributed by atoms with Crippen molar-refractivity contribution in [1.82, 2.24) is 15.1 Å². The van der Waals surface area contributed by atoms with Gasteiger partial charge in [-0.05, 0) is 49.2 Å². The third kappa shape index (κ3) is 5.30. The smallest absolute Gasteiger partial charge is 0.337 e. The molecule has 0 unspecified atom stereocenters. The van der Waals surface area contributed by atoms with Crippen molar-refractivity contribution in [2.75, 3.05) is 31.8 Å². The molecule has 2 N–H and O–H groups in total. The van der Waals surface area contributed by atoms with Crippen molar-refractivity contribution in [2.24, 2.45) is 0 Å². The molecule has 0 fully saturated rings. The number of amides is 1. The maximum absolute atomic E-state index is 13.4. The minimum atomic E-state index is -0.398. The van der Waals surface area contributed by atoms with Crippen LogP contribution in [0.1, 0.15) is 50.5 Å². The lowest BCUT2D eigenvalue weighted by Crippen LogP contribution is -2.29. The van der Waals surface area contributed by atoms with E-state index in [0.29, 0.717) is 35.7 Å². The molecule has 4 rings (SSSR count). The van der Waals surface area contributed by atoms with Crippen LogP contribution in [-0.4, -0.2) is 53.6 Å². The molecule has 2 aromatic carbocycles. The van der Waals surface area contributed by atoms with E-state index in [1.165, 1.54) is 7.11 Å². The van der Waals surface area contributed by atoms with E-state index in [1.807, 2.05) is 54.9 Å². The average Bonchev–Trinajstić information content (AvgIpc) is 3.40. The molecule has 3 aromatic rings. The highest BCUT2D eigenvalue weighted by Crippen LogP contribution is 2.31. The van der Waals surface area contributed by atoms with E-state index >= 15 is 0 Å². The van der Waals surface area contributed by atoms with Gasteiger partial charge in [0, 0.05) is 13.1 Å². The molecule has 0 saturated heterocycles. The van der Waals surface area contributed by atoms with E-state index in [-0.39, 0.29) is 25.2 Å². The number of aryl methyl sites for hydroxylation is 1. The summed E-state index contributed by atoms with van der Waals surface area (Å²) in [4.78, 5) is 27.2. The number of hydrogen-bond donors (Lipinski definition) is 2. The Morgan fingerprint density at radius 1 is 1.17 bits per heavy atom. The maximum atomic E-state index is 13.4. The van der Waals surface area contributed by atoms with E-state index in [2.05, 4.69) is 15.3 Å². The van der Waals surface area contributed by atoms with Crippen LogP contribution < -0.4 is 15.0 Å². The Morgan fingerprint density at radius 3 is 2.66 bits per heavy atom. The number of anilines is 1.